The van der Waals surface area contributed by atoms with Gasteiger partial charge in [-0.1, -0.05) is 42.5 Å². The Morgan fingerprint density at radius 2 is 1.79 bits per heavy atom. The zero-order chi connectivity index (χ0) is 20.4. The predicted octanol–water partition coefficient (Wildman–Crippen LogP) is 4.26. The maximum Gasteiger partial charge on any atom is 0.338 e. The van der Waals surface area contributed by atoms with Gasteiger partial charge in [-0.3, -0.25) is 15.5 Å². The number of aromatic carboxylic acids is 1. The van der Waals surface area contributed by atoms with Gasteiger partial charge in [-0.2, -0.15) is 0 Å². The minimum atomic E-state index is -1.04. The van der Waals surface area contributed by atoms with E-state index in [1.54, 1.807) is 48.0 Å². The van der Waals surface area contributed by atoms with Crippen molar-refractivity contribution in [2.75, 3.05) is 0 Å². The number of carboxylic acids is 1. The summed E-state index contributed by atoms with van der Waals surface area (Å²) in [6, 6.07) is 15.8. The molecule has 3 N–H and O–H groups in total. The van der Waals surface area contributed by atoms with Gasteiger partial charge >= 0.3 is 5.97 Å². The zero-order valence-corrected chi connectivity index (χ0v) is 15.9. The molecule has 0 bridgehead atoms. The summed E-state index contributed by atoms with van der Waals surface area (Å²) in [6.07, 6.45) is 2.05. The van der Waals surface area contributed by atoms with Gasteiger partial charge in [0.2, 0.25) is 0 Å². The van der Waals surface area contributed by atoms with Crippen LogP contribution in [0.15, 0.2) is 72.4 Å². The van der Waals surface area contributed by atoms with E-state index in [9.17, 15) is 14.7 Å². The molecule has 2 aromatic carbocycles. The molecule has 0 spiro atoms. The van der Waals surface area contributed by atoms with E-state index in [0.29, 0.717) is 32.5 Å². The van der Waals surface area contributed by atoms with Crippen molar-refractivity contribution in [2.45, 2.75) is 6.23 Å². The van der Waals surface area contributed by atoms with Crippen molar-refractivity contribution in [1.29, 1.82) is 0 Å². The molecule has 4 rings (SSSR count). The number of hydrogen-bond acceptors (Lipinski definition) is 6. The summed E-state index contributed by atoms with van der Waals surface area (Å²) < 4.78 is 6.44. The topological polar surface area (TPSA) is 103 Å². The third kappa shape index (κ3) is 3.73. The summed E-state index contributed by atoms with van der Waals surface area (Å²) in [5.74, 6) is -0.708. The average Bonchev–Trinajstić information content (AvgIpc) is 3.18. The molecule has 0 fully saturated rings. The Balaban J connectivity index is 1.60. The minimum Gasteiger partial charge on any atom is -0.478 e. The molecule has 0 saturated carbocycles. The van der Waals surface area contributed by atoms with E-state index in [1.165, 1.54) is 17.5 Å². The molecule has 0 aliphatic heterocycles. The number of nitrogens with zero attached hydrogens (tertiary/aromatic N) is 1. The number of carbonyl (C=O) groups is 2. The van der Waals surface area contributed by atoms with Crippen LogP contribution >= 0.6 is 11.3 Å². The van der Waals surface area contributed by atoms with Gasteiger partial charge in [0.15, 0.2) is 12.0 Å². The van der Waals surface area contributed by atoms with Gasteiger partial charge < -0.3 is 9.84 Å². The number of thiophene rings is 1. The van der Waals surface area contributed by atoms with Gasteiger partial charge in [0.05, 0.1) is 10.3 Å². The Labute approximate surface area is 170 Å². The van der Waals surface area contributed by atoms with Gasteiger partial charge in [-0.25, -0.2) is 4.79 Å². The lowest BCUT2D eigenvalue weighted by molar-refractivity contribution is 0.0698. The predicted molar refractivity (Wildman–Crippen MR) is 110 cm³/mol. The maximum atomic E-state index is 12.6. The molecule has 6 nitrogen and oxygen atoms in total. The van der Waals surface area contributed by atoms with Gasteiger partial charge in [0, 0.05) is 39.9 Å². The van der Waals surface area contributed by atoms with Gasteiger partial charge in [-0.15, -0.1) is 11.3 Å². The van der Waals surface area contributed by atoms with Crippen molar-refractivity contribution >= 4 is 33.2 Å². The number of ether oxygens (including phenoxy) is 1. The number of rotatable bonds is 6. The van der Waals surface area contributed by atoms with Crippen LogP contribution in [0.5, 0.6) is 5.75 Å². The highest BCUT2D eigenvalue weighted by molar-refractivity contribution is 7.17. The van der Waals surface area contributed by atoms with Crippen molar-refractivity contribution in [1.82, 2.24) is 4.98 Å². The monoisotopic (exact) mass is 404 g/mol. The molecule has 1 unspecified atom stereocenters. The zero-order valence-electron chi connectivity index (χ0n) is 15.1. The summed E-state index contributed by atoms with van der Waals surface area (Å²) in [7, 11) is 0. The minimum absolute atomic E-state index is 0.110. The Bertz CT molecular complexity index is 1200. The molecule has 29 heavy (non-hydrogen) atoms. The summed E-state index contributed by atoms with van der Waals surface area (Å²) in [6.45, 7) is 0. The fraction of sp³-hybridized carbons (Fsp3) is 0.0455. The highest BCUT2D eigenvalue weighted by Crippen LogP contribution is 2.32. The van der Waals surface area contributed by atoms with E-state index >= 15 is 0 Å². The molecule has 0 aliphatic rings. The van der Waals surface area contributed by atoms with Crippen molar-refractivity contribution in [2.24, 2.45) is 5.73 Å². The molecular weight excluding hydrogens is 388 g/mol. The van der Waals surface area contributed by atoms with Crippen LogP contribution in [0.1, 0.15) is 38.1 Å². The lowest BCUT2D eigenvalue weighted by atomic mass is 10.0. The smallest absolute Gasteiger partial charge is 0.338 e. The fourth-order valence-electron chi connectivity index (χ4n) is 3.02. The Morgan fingerprint density at radius 1 is 1.03 bits per heavy atom. The highest BCUT2D eigenvalue weighted by atomic mass is 32.1. The van der Waals surface area contributed by atoms with E-state index in [2.05, 4.69) is 4.98 Å². The van der Waals surface area contributed by atoms with Crippen molar-refractivity contribution in [3.63, 3.8) is 0 Å². The van der Waals surface area contributed by atoms with E-state index in [-0.39, 0.29) is 11.3 Å². The van der Waals surface area contributed by atoms with Gasteiger partial charge in [0.25, 0.3) is 0 Å². The highest BCUT2D eigenvalue weighted by Gasteiger charge is 2.19. The molecule has 2 heterocycles. The first kappa shape index (κ1) is 18.8. The number of aromatic nitrogens is 1. The summed E-state index contributed by atoms with van der Waals surface area (Å²) in [5, 5.41) is 11.7. The molecule has 4 aromatic rings. The first-order valence-electron chi connectivity index (χ1n) is 8.75. The lowest BCUT2D eigenvalue weighted by Gasteiger charge is -2.15. The van der Waals surface area contributed by atoms with Crippen LogP contribution in [-0.4, -0.2) is 21.8 Å². The standard InChI is InChI=1S/C22H16N2O4S/c23-21(18-12-29-20-16(18)10-24-11-17(20)22(26)27)28-15-8-4-7-14(9-15)19(25)13-5-2-1-3-6-13/h1-12,21H,23H2,(H,26,27). The first-order valence-corrected chi connectivity index (χ1v) is 9.63. The fourth-order valence-corrected chi connectivity index (χ4v) is 4.09. The normalized spacial score (nSPS) is 11.9. The second-order valence-corrected chi connectivity index (χ2v) is 7.20. The molecule has 2 aromatic heterocycles. The number of pyridine rings is 1. The number of benzene rings is 2. The van der Waals surface area contributed by atoms with Crippen LogP contribution in [0.3, 0.4) is 0 Å². The number of carbonyl (C=O) groups excluding carboxylic acids is 1. The molecule has 0 amide bonds. The molecule has 7 heteroatoms. The number of carboxylic acid groups (broad SMARTS) is 1. The van der Waals surface area contributed by atoms with Crippen molar-refractivity contribution < 1.29 is 19.4 Å². The molecular formula is C22H16N2O4S. The largest absolute Gasteiger partial charge is 0.478 e. The molecule has 0 saturated heterocycles. The van der Waals surface area contributed by atoms with Crippen molar-refractivity contribution in [3.8, 4) is 5.75 Å². The third-order valence-corrected chi connectivity index (χ3v) is 5.49. The third-order valence-electron chi connectivity index (χ3n) is 4.44. The van der Waals surface area contributed by atoms with Crippen LogP contribution in [0, 0.1) is 0 Å². The van der Waals surface area contributed by atoms with Crippen LogP contribution in [-0.2, 0) is 0 Å². The van der Waals surface area contributed by atoms with E-state index in [0.717, 1.165) is 0 Å². The molecule has 0 radical (unpaired) electrons. The SMILES string of the molecule is NC(Oc1cccc(C(=O)c2ccccc2)c1)c1csc2c(C(=O)O)cncc12. The summed E-state index contributed by atoms with van der Waals surface area (Å²) in [4.78, 5) is 28.0. The average molecular weight is 404 g/mol. The molecule has 144 valence electrons. The van der Waals surface area contributed by atoms with Crippen LogP contribution in [0.2, 0.25) is 0 Å². The van der Waals surface area contributed by atoms with Crippen LogP contribution in [0.25, 0.3) is 10.1 Å². The van der Waals surface area contributed by atoms with E-state index in [4.69, 9.17) is 10.5 Å². The maximum absolute atomic E-state index is 12.6. The molecule has 0 aliphatic carbocycles. The first-order chi connectivity index (χ1) is 14.0. The van der Waals surface area contributed by atoms with Crippen molar-refractivity contribution in [3.05, 3.63) is 94.6 Å². The van der Waals surface area contributed by atoms with Crippen LogP contribution < -0.4 is 10.5 Å². The van der Waals surface area contributed by atoms with E-state index in [1.807, 2.05) is 18.2 Å². The summed E-state index contributed by atoms with van der Waals surface area (Å²) >= 11 is 1.28. The second kappa shape index (κ2) is 7.83. The van der Waals surface area contributed by atoms with Crippen LogP contribution in [0.4, 0.5) is 0 Å². The Morgan fingerprint density at radius 3 is 2.55 bits per heavy atom. The lowest BCUT2D eigenvalue weighted by Crippen LogP contribution is -2.17. The quantitative estimate of drug-likeness (QED) is 0.368. The molecule has 1 atom stereocenters. The number of ketones is 1. The second-order valence-electron chi connectivity index (χ2n) is 6.32. The number of nitrogens with two attached hydrogens (primary N) is 1. The van der Waals surface area contributed by atoms with Gasteiger partial charge in [0.1, 0.15) is 5.75 Å². The number of hydrogen-bond donors (Lipinski definition) is 2. The Hall–Kier alpha value is -3.55. The Kier molecular flexibility index (Phi) is 5.07. The summed E-state index contributed by atoms with van der Waals surface area (Å²) in [5.41, 5.74) is 8.07. The van der Waals surface area contributed by atoms with E-state index < -0.39 is 12.2 Å². The van der Waals surface area contributed by atoms with Gasteiger partial charge in [-0.05, 0) is 12.1 Å². The number of fused-ring (bicyclic) bond motifs is 1.